The molecule has 0 unspecified atom stereocenters. The quantitative estimate of drug-likeness (QED) is 0.658. The van der Waals surface area contributed by atoms with Crippen LogP contribution in [0.25, 0.3) is 0 Å². The molecule has 0 aromatic heterocycles. The van der Waals surface area contributed by atoms with Crippen molar-refractivity contribution in [3.63, 3.8) is 0 Å². The highest BCUT2D eigenvalue weighted by molar-refractivity contribution is 5.68. The van der Waals surface area contributed by atoms with Crippen LogP contribution in [0.5, 0.6) is 0 Å². The molecule has 0 saturated carbocycles. The number of carbonyl (C=O) groups is 1. The van der Waals surface area contributed by atoms with Crippen LogP contribution in [0.3, 0.4) is 0 Å². The normalized spacial score (nSPS) is 15.4. The molecule has 2 atom stereocenters. The van der Waals surface area contributed by atoms with Gasteiger partial charge in [-0.05, 0) is 34.6 Å². The first-order chi connectivity index (χ1) is 7.20. The number of ether oxygens (including phenoxy) is 1. The van der Waals surface area contributed by atoms with E-state index in [0.29, 0.717) is 13.1 Å². The molecule has 96 valence electrons. The van der Waals surface area contributed by atoms with Crippen LogP contribution in [0.1, 0.15) is 34.6 Å². The second-order valence-electron chi connectivity index (χ2n) is 5.05. The number of hydrogen-bond acceptors (Lipinski definition) is 4. The lowest BCUT2D eigenvalue weighted by Crippen LogP contribution is -2.43. The molecular weight excluding hydrogens is 208 g/mol. The van der Waals surface area contributed by atoms with Crippen LogP contribution in [0, 0.1) is 0 Å². The molecule has 1 amide bonds. The first-order valence-corrected chi connectivity index (χ1v) is 5.59. The summed E-state index contributed by atoms with van der Waals surface area (Å²) in [5, 5.41) is 14.8. The molecule has 0 saturated heterocycles. The minimum Gasteiger partial charge on any atom is -0.444 e. The van der Waals surface area contributed by atoms with E-state index in [0.717, 1.165) is 0 Å². The summed E-state index contributed by atoms with van der Waals surface area (Å²) in [6.07, 6.45) is -0.799. The lowest BCUT2D eigenvalue weighted by Gasteiger charge is -2.22. The SMILES string of the molecule is C[C@H](CNC[C@@H](C)O)NC(=O)OC(C)(C)C. The van der Waals surface area contributed by atoms with Crippen molar-refractivity contribution >= 4 is 6.09 Å². The zero-order valence-electron chi connectivity index (χ0n) is 10.8. The van der Waals surface area contributed by atoms with Gasteiger partial charge in [-0.25, -0.2) is 4.79 Å². The predicted octanol–water partition coefficient (Wildman–Crippen LogP) is 0.870. The van der Waals surface area contributed by atoms with E-state index in [9.17, 15) is 4.79 Å². The molecule has 0 radical (unpaired) electrons. The monoisotopic (exact) mass is 232 g/mol. The van der Waals surface area contributed by atoms with Gasteiger partial charge in [-0.1, -0.05) is 0 Å². The lowest BCUT2D eigenvalue weighted by atomic mass is 10.2. The van der Waals surface area contributed by atoms with Gasteiger partial charge in [-0.3, -0.25) is 0 Å². The van der Waals surface area contributed by atoms with Gasteiger partial charge in [-0.2, -0.15) is 0 Å². The zero-order valence-corrected chi connectivity index (χ0v) is 10.8. The Labute approximate surface area is 97.6 Å². The average Bonchev–Trinajstić information content (AvgIpc) is 1.98. The minimum absolute atomic E-state index is 0.0337. The van der Waals surface area contributed by atoms with Crippen molar-refractivity contribution in [1.82, 2.24) is 10.6 Å². The maximum atomic E-state index is 11.4. The van der Waals surface area contributed by atoms with E-state index in [-0.39, 0.29) is 12.1 Å². The summed E-state index contributed by atoms with van der Waals surface area (Å²) in [4.78, 5) is 11.4. The van der Waals surface area contributed by atoms with Crippen LogP contribution in [-0.4, -0.2) is 42.0 Å². The molecule has 0 aliphatic rings. The Hall–Kier alpha value is -0.810. The fraction of sp³-hybridized carbons (Fsp3) is 0.909. The summed E-state index contributed by atoms with van der Waals surface area (Å²) in [6.45, 7) is 10.2. The van der Waals surface area contributed by atoms with E-state index < -0.39 is 11.7 Å². The van der Waals surface area contributed by atoms with Gasteiger partial charge in [0.15, 0.2) is 0 Å². The molecule has 16 heavy (non-hydrogen) atoms. The molecular formula is C11H24N2O3. The third-order valence-corrected chi connectivity index (χ3v) is 1.65. The molecule has 0 bridgehead atoms. The Morgan fingerprint density at radius 3 is 2.31 bits per heavy atom. The Morgan fingerprint density at radius 2 is 1.88 bits per heavy atom. The molecule has 0 rings (SSSR count). The smallest absolute Gasteiger partial charge is 0.407 e. The second kappa shape index (κ2) is 6.70. The summed E-state index contributed by atoms with van der Waals surface area (Å²) in [5.41, 5.74) is -0.475. The summed E-state index contributed by atoms with van der Waals surface area (Å²) >= 11 is 0. The third kappa shape index (κ3) is 9.73. The van der Waals surface area contributed by atoms with Gasteiger partial charge >= 0.3 is 6.09 Å². The standard InChI is InChI=1S/C11H24N2O3/c1-8(6-12-7-9(2)14)13-10(15)16-11(3,4)5/h8-9,12,14H,6-7H2,1-5H3,(H,13,15)/t8-,9-/m1/s1. The van der Waals surface area contributed by atoms with E-state index >= 15 is 0 Å². The fourth-order valence-corrected chi connectivity index (χ4v) is 1.07. The molecule has 5 heteroatoms. The average molecular weight is 232 g/mol. The first-order valence-electron chi connectivity index (χ1n) is 5.59. The zero-order chi connectivity index (χ0) is 12.8. The highest BCUT2D eigenvalue weighted by atomic mass is 16.6. The van der Waals surface area contributed by atoms with Gasteiger partial charge in [0.05, 0.1) is 6.10 Å². The van der Waals surface area contributed by atoms with Gasteiger partial charge < -0.3 is 20.5 Å². The Bertz CT molecular complexity index is 212. The van der Waals surface area contributed by atoms with Crippen LogP contribution in [0.15, 0.2) is 0 Å². The minimum atomic E-state index is -0.475. The van der Waals surface area contributed by atoms with Crippen molar-refractivity contribution in [2.45, 2.75) is 52.4 Å². The van der Waals surface area contributed by atoms with Gasteiger partial charge in [0.25, 0.3) is 0 Å². The largest absolute Gasteiger partial charge is 0.444 e. The third-order valence-electron chi connectivity index (χ3n) is 1.65. The molecule has 0 aliphatic carbocycles. The van der Waals surface area contributed by atoms with E-state index in [1.165, 1.54) is 0 Å². The highest BCUT2D eigenvalue weighted by Gasteiger charge is 2.17. The van der Waals surface area contributed by atoms with Crippen molar-refractivity contribution in [1.29, 1.82) is 0 Å². The van der Waals surface area contributed by atoms with Crippen molar-refractivity contribution in [3.05, 3.63) is 0 Å². The van der Waals surface area contributed by atoms with Crippen LogP contribution < -0.4 is 10.6 Å². The lowest BCUT2D eigenvalue weighted by molar-refractivity contribution is 0.0508. The number of amides is 1. The van der Waals surface area contributed by atoms with Gasteiger partial charge in [0.2, 0.25) is 0 Å². The molecule has 0 aromatic carbocycles. The van der Waals surface area contributed by atoms with Crippen molar-refractivity contribution < 1.29 is 14.6 Å². The van der Waals surface area contributed by atoms with Crippen LogP contribution in [0.4, 0.5) is 4.79 Å². The number of aliphatic hydroxyl groups is 1. The molecule has 0 fully saturated rings. The van der Waals surface area contributed by atoms with E-state index in [1.807, 2.05) is 27.7 Å². The summed E-state index contributed by atoms with van der Waals surface area (Å²) in [7, 11) is 0. The summed E-state index contributed by atoms with van der Waals surface area (Å²) < 4.78 is 5.11. The van der Waals surface area contributed by atoms with E-state index in [4.69, 9.17) is 9.84 Å². The fourth-order valence-electron chi connectivity index (χ4n) is 1.07. The molecule has 0 spiro atoms. The van der Waals surface area contributed by atoms with Gasteiger partial charge in [-0.15, -0.1) is 0 Å². The molecule has 3 N–H and O–H groups in total. The highest BCUT2D eigenvalue weighted by Crippen LogP contribution is 2.06. The Kier molecular flexibility index (Phi) is 6.36. The predicted molar refractivity (Wildman–Crippen MR) is 63.4 cm³/mol. The van der Waals surface area contributed by atoms with Crippen LogP contribution >= 0.6 is 0 Å². The van der Waals surface area contributed by atoms with Crippen LogP contribution in [-0.2, 0) is 4.74 Å². The molecule has 0 heterocycles. The topological polar surface area (TPSA) is 70.6 Å². The summed E-state index contributed by atoms with van der Waals surface area (Å²) in [6, 6.07) is -0.0337. The number of aliphatic hydroxyl groups excluding tert-OH is 1. The maximum absolute atomic E-state index is 11.4. The van der Waals surface area contributed by atoms with Crippen molar-refractivity contribution in [3.8, 4) is 0 Å². The summed E-state index contributed by atoms with van der Waals surface area (Å²) in [5.74, 6) is 0. The van der Waals surface area contributed by atoms with Crippen molar-refractivity contribution in [2.75, 3.05) is 13.1 Å². The van der Waals surface area contributed by atoms with E-state index in [2.05, 4.69) is 10.6 Å². The van der Waals surface area contributed by atoms with E-state index in [1.54, 1.807) is 6.92 Å². The number of nitrogens with one attached hydrogen (secondary N) is 2. The van der Waals surface area contributed by atoms with Crippen molar-refractivity contribution in [2.24, 2.45) is 0 Å². The first kappa shape index (κ1) is 15.2. The second-order valence-corrected chi connectivity index (χ2v) is 5.05. The van der Waals surface area contributed by atoms with Gasteiger partial charge in [0, 0.05) is 19.1 Å². The number of hydrogen-bond donors (Lipinski definition) is 3. The van der Waals surface area contributed by atoms with Gasteiger partial charge in [0.1, 0.15) is 5.60 Å². The maximum Gasteiger partial charge on any atom is 0.407 e. The molecule has 0 aromatic rings. The Morgan fingerprint density at radius 1 is 1.31 bits per heavy atom. The van der Waals surface area contributed by atoms with Crippen LogP contribution in [0.2, 0.25) is 0 Å². The number of alkyl carbamates (subject to hydrolysis) is 1. The number of carbonyl (C=O) groups excluding carboxylic acids is 1. The number of rotatable bonds is 5. The Balaban J connectivity index is 3.70. The molecule has 0 aliphatic heterocycles. The molecule has 5 nitrogen and oxygen atoms in total.